The molecule has 0 amide bonds. The molecule has 0 saturated carbocycles. The lowest BCUT2D eigenvalue weighted by molar-refractivity contribution is 0.807. The Morgan fingerprint density at radius 3 is 3.00 bits per heavy atom. The van der Waals surface area contributed by atoms with Gasteiger partial charge >= 0.3 is 0 Å². The van der Waals surface area contributed by atoms with Gasteiger partial charge in [0.1, 0.15) is 0 Å². The molecule has 0 unspecified atom stereocenters. The quantitative estimate of drug-likeness (QED) is 0.772. The minimum Gasteiger partial charge on any atom is -0.329 e. The zero-order valence-electron chi connectivity index (χ0n) is 6.15. The second kappa shape index (κ2) is 3.87. The summed E-state index contributed by atoms with van der Waals surface area (Å²) in [5.41, 5.74) is 1.07. The first-order valence-corrected chi connectivity index (χ1v) is 4.33. The normalized spacial score (nSPS) is 10.0. The molecule has 3 nitrogen and oxygen atoms in total. The highest BCUT2D eigenvalue weighted by Crippen LogP contribution is 2.06. The lowest BCUT2D eigenvalue weighted by atomic mass is 10.3. The smallest absolute Gasteiger partial charge is 0.248 e. The van der Waals surface area contributed by atoms with Crippen molar-refractivity contribution in [3.05, 3.63) is 31.8 Å². The Labute approximate surface area is 78.4 Å². The number of aromatic nitrogens is 1. The number of aromatic amines is 1. The third-order valence-electron chi connectivity index (χ3n) is 1.32. The summed E-state index contributed by atoms with van der Waals surface area (Å²) in [6, 6.07) is 1.59. The topological polar surface area (TPSA) is 44.9 Å². The van der Waals surface area contributed by atoms with Crippen molar-refractivity contribution in [3.63, 3.8) is 0 Å². The van der Waals surface area contributed by atoms with Gasteiger partial charge in [-0.2, -0.15) is 0 Å². The summed E-state index contributed by atoms with van der Waals surface area (Å²) in [6.45, 7) is 0.787. The Bertz CT molecular complexity index is 295. The first kappa shape index (κ1) is 8.73. The Kier molecular flexibility index (Phi) is 3.07. The summed E-state index contributed by atoms with van der Waals surface area (Å²) in [5, 5.41) is 3.02. The van der Waals surface area contributed by atoms with E-state index in [4.69, 9.17) is 0 Å². The molecule has 11 heavy (non-hydrogen) atoms. The van der Waals surface area contributed by atoms with E-state index >= 15 is 0 Å². The van der Waals surface area contributed by atoms with Crippen molar-refractivity contribution in [2.45, 2.75) is 6.54 Å². The highest BCUT2D eigenvalue weighted by atomic mass is 127. The molecular formula is C7H9IN2O. The molecule has 1 aromatic heterocycles. The zero-order chi connectivity index (χ0) is 8.27. The first-order valence-electron chi connectivity index (χ1n) is 3.25. The summed E-state index contributed by atoms with van der Waals surface area (Å²) in [7, 11) is 1.88. The Morgan fingerprint density at radius 1 is 1.73 bits per heavy atom. The SMILES string of the molecule is CNCc1c[nH]c(=O)cc1I. The van der Waals surface area contributed by atoms with Crippen LogP contribution in [0.2, 0.25) is 0 Å². The van der Waals surface area contributed by atoms with Gasteiger partial charge in [-0.3, -0.25) is 4.79 Å². The van der Waals surface area contributed by atoms with E-state index in [1.165, 1.54) is 0 Å². The van der Waals surface area contributed by atoms with Crippen molar-refractivity contribution in [2.75, 3.05) is 7.05 Å². The van der Waals surface area contributed by atoms with Crippen LogP contribution in [0.15, 0.2) is 17.1 Å². The van der Waals surface area contributed by atoms with Crippen LogP contribution in [0.25, 0.3) is 0 Å². The van der Waals surface area contributed by atoms with Gasteiger partial charge in [0.2, 0.25) is 5.56 Å². The maximum Gasteiger partial charge on any atom is 0.248 e. The van der Waals surface area contributed by atoms with Gasteiger partial charge in [-0.1, -0.05) is 0 Å². The van der Waals surface area contributed by atoms with Crippen LogP contribution in [0.4, 0.5) is 0 Å². The van der Waals surface area contributed by atoms with Crippen LogP contribution in [0, 0.1) is 3.57 Å². The van der Waals surface area contributed by atoms with Gasteiger partial charge < -0.3 is 10.3 Å². The van der Waals surface area contributed by atoms with Crippen LogP contribution in [0.3, 0.4) is 0 Å². The van der Waals surface area contributed by atoms with Crippen LogP contribution in [-0.2, 0) is 6.54 Å². The van der Waals surface area contributed by atoms with Crippen LogP contribution in [-0.4, -0.2) is 12.0 Å². The molecule has 0 bridgehead atoms. The maximum atomic E-state index is 10.8. The molecule has 0 aliphatic heterocycles. The van der Waals surface area contributed by atoms with Gasteiger partial charge in [-0.25, -0.2) is 0 Å². The standard InChI is InChI=1S/C7H9IN2O/c1-9-3-5-4-10-7(11)2-6(5)8/h2,4,9H,3H2,1H3,(H,10,11). The molecule has 0 aromatic carbocycles. The van der Waals surface area contributed by atoms with Crippen molar-refractivity contribution >= 4 is 22.6 Å². The number of halogens is 1. The average Bonchev–Trinajstić information content (AvgIpc) is 1.95. The molecule has 0 aliphatic carbocycles. The molecule has 1 aromatic rings. The molecule has 0 aliphatic rings. The van der Waals surface area contributed by atoms with Gasteiger partial charge in [-0.15, -0.1) is 0 Å². The molecule has 60 valence electrons. The third kappa shape index (κ3) is 2.30. The van der Waals surface area contributed by atoms with Crippen molar-refractivity contribution in [1.29, 1.82) is 0 Å². The maximum absolute atomic E-state index is 10.8. The van der Waals surface area contributed by atoms with Crippen LogP contribution >= 0.6 is 22.6 Å². The molecule has 0 spiro atoms. The van der Waals surface area contributed by atoms with E-state index in [0.29, 0.717) is 0 Å². The molecule has 1 heterocycles. The number of pyridine rings is 1. The molecule has 0 saturated heterocycles. The Morgan fingerprint density at radius 2 is 2.45 bits per heavy atom. The van der Waals surface area contributed by atoms with Crippen LogP contribution in [0.5, 0.6) is 0 Å². The van der Waals surface area contributed by atoms with E-state index in [-0.39, 0.29) is 5.56 Å². The first-order chi connectivity index (χ1) is 5.24. The molecule has 0 radical (unpaired) electrons. The number of rotatable bonds is 2. The summed E-state index contributed by atoms with van der Waals surface area (Å²) < 4.78 is 1.00. The second-order valence-electron chi connectivity index (χ2n) is 2.20. The van der Waals surface area contributed by atoms with E-state index in [2.05, 4.69) is 32.9 Å². The lowest BCUT2D eigenvalue weighted by Crippen LogP contribution is -2.11. The van der Waals surface area contributed by atoms with Crippen molar-refractivity contribution in [3.8, 4) is 0 Å². The van der Waals surface area contributed by atoms with Crippen LogP contribution in [0.1, 0.15) is 5.56 Å². The van der Waals surface area contributed by atoms with E-state index in [9.17, 15) is 4.79 Å². The van der Waals surface area contributed by atoms with E-state index < -0.39 is 0 Å². The fraction of sp³-hybridized carbons (Fsp3) is 0.286. The molecule has 0 fully saturated rings. The van der Waals surface area contributed by atoms with E-state index in [1.807, 2.05) is 7.05 Å². The fourth-order valence-corrected chi connectivity index (χ4v) is 1.43. The summed E-state index contributed by atoms with van der Waals surface area (Å²) in [5.74, 6) is 0. The number of hydrogen-bond acceptors (Lipinski definition) is 2. The van der Waals surface area contributed by atoms with E-state index in [1.54, 1.807) is 12.3 Å². The van der Waals surface area contributed by atoms with Gasteiger partial charge in [-0.05, 0) is 35.2 Å². The number of nitrogens with one attached hydrogen (secondary N) is 2. The molecular weight excluding hydrogens is 255 g/mol. The highest BCUT2D eigenvalue weighted by Gasteiger charge is 1.97. The highest BCUT2D eigenvalue weighted by molar-refractivity contribution is 14.1. The third-order valence-corrected chi connectivity index (χ3v) is 2.32. The predicted octanol–water partition coefficient (Wildman–Crippen LogP) is 0.699. The van der Waals surface area contributed by atoms with Gasteiger partial charge in [0.05, 0.1) is 0 Å². The van der Waals surface area contributed by atoms with Crippen molar-refractivity contribution in [1.82, 2.24) is 10.3 Å². The fourth-order valence-electron chi connectivity index (χ4n) is 0.803. The largest absolute Gasteiger partial charge is 0.329 e. The van der Waals surface area contributed by atoms with Crippen molar-refractivity contribution < 1.29 is 0 Å². The molecule has 0 atom stereocenters. The summed E-state index contributed by atoms with van der Waals surface area (Å²) in [6.07, 6.45) is 1.74. The summed E-state index contributed by atoms with van der Waals surface area (Å²) in [4.78, 5) is 13.4. The number of hydrogen-bond donors (Lipinski definition) is 2. The zero-order valence-corrected chi connectivity index (χ0v) is 8.31. The Hall–Kier alpha value is -0.360. The average molecular weight is 264 g/mol. The second-order valence-corrected chi connectivity index (χ2v) is 3.36. The molecule has 1 rings (SSSR count). The van der Waals surface area contributed by atoms with Gasteiger partial charge in [0.25, 0.3) is 0 Å². The molecule has 4 heteroatoms. The summed E-state index contributed by atoms with van der Waals surface area (Å²) >= 11 is 2.15. The van der Waals surface area contributed by atoms with Gasteiger partial charge in [0, 0.05) is 22.4 Å². The lowest BCUT2D eigenvalue weighted by Gasteiger charge is -2.00. The monoisotopic (exact) mass is 264 g/mol. The predicted molar refractivity (Wildman–Crippen MR) is 52.5 cm³/mol. The number of H-pyrrole nitrogens is 1. The van der Waals surface area contributed by atoms with E-state index in [0.717, 1.165) is 15.7 Å². The Balaban J connectivity index is 2.99. The van der Waals surface area contributed by atoms with Gasteiger partial charge in [0.15, 0.2) is 0 Å². The minimum atomic E-state index is -0.0470. The van der Waals surface area contributed by atoms with Crippen molar-refractivity contribution in [2.24, 2.45) is 0 Å². The van der Waals surface area contributed by atoms with Crippen LogP contribution < -0.4 is 10.9 Å². The minimum absolute atomic E-state index is 0.0470. The molecule has 2 N–H and O–H groups in total.